The van der Waals surface area contributed by atoms with Gasteiger partial charge in [-0.2, -0.15) is 13.2 Å². The summed E-state index contributed by atoms with van der Waals surface area (Å²) >= 11 is 0. The molecule has 0 spiro atoms. The molecule has 0 aromatic carbocycles. The van der Waals surface area contributed by atoms with E-state index in [9.17, 15) is 13.2 Å². The van der Waals surface area contributed by atoms with Crippen molar-refractivity contribution < 1.29 is 13.2 Å². The highest BCUT2D eigenvalue weighted by Crippen LogP contribution is 2.30. The molecule has 0 heterocycles. The second-order valence-corrected chi connectivity index (χ2v) is 2.80. The van der Waals surface area contributed by atoms with E-state index < -0.39 is 11.7 Å². The summed E-state index contributed by atoms with van der Waals surface area (Å²) in [5.74, 6) is 0. The molecular weight excluding hydrogens is 179 g/mol. The van der Waals surface area contributed by atoms with Crippen LogP contribution in [0.15, 0.2) is 28.3 Å². The van der Waals surface area contributed by atoms with Gasteiger partial charge >= 0.3 is 6.18 Å². The third-order valence-electron chi connectivity index (χ3n) is 1.76. The Morgan fingerprint density at radius 3 is 2.69 bits per heavy atom. The van der Waals surface area contributed by atoms with Gasteiger partial charge in [0, 0.05) is 13.3 Å². The van der Waals surface area contributed by atoms with E-state index >= 15 is 0 Å². The number of nitrogens with zero attached hydrogens (tertiary/aromatic N) is 1. The predicted molar refractivity (Wildman–Crippen MR) is 45.9 cm³/mol. The van der Waals surface area contributed by atoms with E-state index in [0.29, 0.717) is 18.4 Å². The van der Waals surface area contributed by atoms with Gasteiger partial charge in [0.2, 0.25) is 0 Å². The van der Waals surface area contributed by atoms with Crippen molar-refractivity contribution in [2.24, 2.45) is 4.99 Å². The Kier molecular flexibility index (Phi) is 2.90. The highest BCUT2D eigenvalue weighted by molar-refractivity contribution is 5.79. The standard InChI is InChI=1S/C9H10F3N/c1-13-6-7-3-2-4-8(5-7)9(10,11)12/h4-6H,2-3H2,1H3. The third kappa shape index (κ3) is 2.72. The fraction of sp³-hybridized carbons (Fsp3) is 0.444. The van der Waals surface area contributed by atoms with E-state index in [1.165, 1.54) is 12.3 Å². The molecule has 0 N–H and O–H groups in total. The van der Waals surface area contributed by atoms with Crippen molar-refractivity contribution in [1.29, 1.82) is 0 Å². The van der Waals surface area contributed by atoms with E-state index in [4.69, 9.17) is 0 Å². The maximum Gasteiger partial charge on any atom is 0.416 e. The van der Waals surface area contributed by atoms with Crippen LogP contribution in [0.25, 0.3) is 0 Å². The van der Waals surface area contributed by atoms with Crippen molar-refractivity contribution in [2.75, 3.05) is 7.05 Å². The minimum atomic E-state index is -4.23. The summed E-state index contributed by atoms with van der Waals surface area (Å²) in [5, 5.41) is 0. The molecule has 0 bridgehead atoms. The highest BCUT2D eigenvalue weighted by atomic mass is 19.4. The number of aliphatic imine (C=N–C) groups is 1. The number of hydrogen-bond acceptors (Lipinski definition) is 1. The Labute approximate surface area is 74.7 Å². The van der Waals surface area contributed by atoms with Crippen molar-refractivity contribution >= 4 is 6.21 Å². The molecule has 1 nitrogen and oxygen atoms in total. The average molecular weight is 189 g/mol. The first-order valence-corrected chi connectivity index (χ1v) is 3.94. The molecule has 0 radical (unpaired) electrons. The lowest BCUT2D eigenvalue weighted by Crippen LogP contribution is -2.12. The molecule has 0 aliphatic heterocycles. The van der Waals surface area contributed by atoms with Gasteiger partial charge < -0.3 is 0 Å². The van der Waals surface area contributed by atoms with Gasteiger partial charge in [-0.1, -0.05) is 6.08 Å². The van der Waals surface area contributed by atoms with E-state index in [2.05, 4.69) is 4.99 Å². The Hall–Kier alpha value is -1.06. The van der Waals surface area contributed by atoms with Crippen molar-refractivity contribution in [1.82, 2.24) is 0 Å². The van der Waals surface area contributed by atoms with Gasteiger partial charge in [0.05, 0.1) is 5.57 Å². The molecule has 13 heavy (non-hydrogen) atoms. The number of rotatable bonds is 1. The van der Waals surface area contributed by atoms with Crippen LogP contribution in [0.4, 0.5) is 13.2 Å². The van der Waals surface area contributed by atoms with Gasteiger partial charge in [-0.25, -0.2) is 0 Å². The average Bonchev–Trinajstić information content (AvgIpc) is 2.04. The summed E-state index contributed by atoms with van der Waals surface area (Å²) in [6, 6.07) is 0. The molecule has 4 heteroatoms. The van der Waals surface area contributed by atoms with Crippen molar-refractivity contribution in [2.45, 2.75) is 19.0 Å². The lowest BCUT2D eigenvalue weighted by atomic mass is 10.00. The summed E-state index contributed by atoms with van der Waals surface area (Å²) in [4.78, 5) is 3.69. The summed E-state index contributed by atoms with van der Waals surface area (Å²) in [7, 11) is 1.55. The summed E-state index contributed by atoms with van der Waals surface area (Å²) < 4.78 is 36.6. The Bertz CT molecular complexity index is 271. The molecule has 1 aliphatic carbocycles. The monoisotopic (exact) mass is 189 g/mol. The van der Waals surface area contributed by atoms with Crippen LogP contribution in [0, 0.1) is 0 Å². The second kappa shape index (κ2) is 3.77. The largest absolute Gasteiger partial charge is 0.416 e. The van der Waals surface area contributed by atoms with Crippen LogP contribution in [0.3, 0.4) is 0 Å². The summed E-state index contributed by atoms with van der Waals surface area (Å²) in [6.45, 7) is 0. The first kappa shape index (κ1) is 10.0. The van der Waals surface area contributed by atoms with Gasteiger partial charge in [0.25, 0.3) is 0 Å². The molecular formula is C9H10F3N. The lowest BCUT2D eigenvalue weighted by Gasteiger charge is -2.13. The number of hydrogen-bond donors (Lipinski definition) is 0. The number of alkyl halides is 3. The normalized spacial score (nSPS) is 18.8. The molecule has 0 aromatic rings. The molecule has 72 valence electrons. The minimum Gasteiger partial charge on any atom is -0.296 e. The zero-order valence-corrected chi connectivity index (χ0v) is 7.23. The van der Waals surface area contributed by atoms with Crippen molar-refractivity contribution in [3.05, 3.63) is 23.3 Å². The van der Waals surface area contributed by atoms with E-state index in [0.717, 1.165) is 6.08 Å². The minimum absolute atomic E-state index is 0.437. The van der Waals surface area contributed by atoms with E-state index in [1.807, 2.05) is 0 Å². The lowest BCUT2D eigenvalue weighted by molar-refractivity contribution is -0.0886. The van der Waals surface area contributed by atoms with Crippen LogP contribution in [0.1, 0.15) is 12.8 Å². The zero-order chi connectivity index (χ0) is 9.90. The van der Waals surface area contributed by atoms with Crippen molar-refractivity contribution in [3.63, 3.8) is 0 Å². The number of halogens is 3. The SMILES string of the molecule is CN=CC1=CC(C(F)(F)F)=CCC1. The molecule has 0 amide bonds. The molecule has 1 rings (SSSR count). The van der Waals surface area contributed by atoms with Crippen LogP contribution in [-0.4, -0.2) is 19.4 Å². The Balaban J connectivity index is 2.85. The van der Waals surface area contributed by atoms with E-state index in [1.54, 1.807) is 7.05 Å². The smallest absolute Gasteiger partial charge is 0.296 e. The van der Waals surface area contributed by atoms with Gasteiger partial charge in [0.15, 0.2) is 0 Å². The molecule has 1 aliphatic rings. The van der Waals surface area contributed by atoms with Crippen LogP contribution >= 0.6 is 0 Å². The van der Waals surface area contributed by atoms with Gasteiger partial charge in [-0.3, -0.25) is 4.99 Å². The van der Waals surface area contributed by atoms with Crippen molar-refractivity contribution in [3.8, 4) is 0 Å². The van der Waals surface area contributed by atoms with Gasteiger partial charge in [-0.05, 0) is 24.5 Å². The summed E-state index contributed by atoms with van der Waals surface area (Å²) in [5.41, 5.74) is 0.0750. The number of allylic oxidation sites excluding steroid dienone is 4. The molecule has 0 aromatic heterocycles. The fourth-order valence-electron chi connectivity index (χ4n) is 1.19. The molecule has 0 fully saturated rings. The maximum atomic E-state index is 12.2. The topological polar surface area (TPSA) is 12.4 Å². The summed E-state index contributed by atoms with van der Waals surface area (Å²) in [6.07, 6.45) is 0.680. The first-order valence-electron chi connectivity index (χ1n) is 3.94. The predicted octanol–water partition coefficient (Wildman–Crippen LogP) is 2.90. The first-order chi connectivity index (χ1) is 6.04. The molecule has 0 saturated heterocycles. The highest BCUT2D eigenvalue weighted by Gasteiger charge is 2.32. The van der Waals surface area contributed by atoms with Gasteiger partial charge in [0.1, 0.15) is 0 Å². The van der Waals surface area contributed by atoms with Crippen LogP contribution in [0.5, 0.6) is 0 Å². The Morgan fingerprint density at radius 2 is 2.15 bits per heavy atom. The van der Waals surface area contributed by atoms with Gasteiger partial charge in [-0.15, -0.1) is 0 Å². The molecule has 0 saturated carbocycles. The Morgan fingerprint density at radius 1 is 1.46 bits per heavy atom. The van der Waals surface area contributed by atoms with Crippen LogP contribution in [-0.2, 0) is 0 Å². The fourth-order valence-corrected chi connectivity index (χ4v) is 1.19. The van der Waals surface area contributed by atoms with Crippen LogP contribution in [0.2, 0.25) is 0 Å². The quantitative estimate of drug-likeness (QED) is 0.562. The molecule has 0 atom stereocenters. The molecule has 0 unspecified atom stereocenters. The zero-order valence-electron chi connectivity index (χ0n) is 7.23. The van der Waals surface area contributed by atoms with Crippen LogP contribution < -0.4 is 0 Å². The second-order valence-electron chi connectivity index (χ2n) is 2.80. The maximum absolute atomic E-state index is 12.2. The van der Waals surface area contributed by atoms with E-state index in [-0.39, 0.29) is 0 Å². The third-order valence-corrected chi connectivity index (χ3v) is 1.76.